The Kier molecular flexibility index (Phi) is 3.79. The molecule has 0 bridgehead atoms. The molecule has 0 saturated carbocycles. The van der Waals surface area contributed by atoms with Gasteiger partial charge < -0.3 is 10.2 Å². The third-order valence-corrected chi connectivity index (χ3v) is 3.96. The molecule has 19 heavy (non-hydrogen) atoms. The van der Waals surface area contributed by atoms with Crippen molar-refractivity contribution in [3.05, 3.63) is 47.1 Å². The van der Waals surface area contributed by atoms with Crippen LogP contribution in [0.5, 0.6) is 0 Å². The molecule has 0 unspecified atom stereocenters. The molecule has 102 valence electrons. The molecule has 2 aromatic rings. The minimum atomic E-state index is -4.06. The quantitative estimate of drug-likeness (QED) is 0.847. The van der Waals surface area contributed by atoms with Crippen molar-refractivity contribution >= 4 is 27.3 Å². The molecule has 0 amide bonds. The lowest BCUT2D eigenvalue weighted by Gasteiger charge is -2.08. The van der Waals surface area contributed by atoms with Gasteiger partial charge in [0.25, 0.3) is 0 Å². The highest BCUT2D eigenvalue weighted by Crippen LogP contribution is 2.25. The van der Waals surface area contributed by atoms with Crippen molar-refractivity contribution < 1.29 is 17.2 Å². The smallest absolute Gasteiger partial charge is 0.244 e. The Morgan fingerprint density at radius 1 is 1.42 bits per heavy atom. The predicted octanol–water partition coefficient (Wildman–Crippen LogP) is 2.13. The summed E-state index contributed by atoms with van der Waals surface area (Å²) in [6, 6.07) is 5.34. The first-order chi connectivity index (χ1) is 8.90. The highest BCUT2D eigenvalue weighted by Gasteiger charge is 2.21. The van der Waals surface area contributed by atoms with E-state index in [-0.39, 0.29) is 17.3 Å². The number of nitrogens with one attached hydrogen (secondary N) is 1. The minimum absolute atomic E-state index is 0.0391. The second-order valence-corrected chi connectivity index (χ2v) is 5.88. The van der Waals surface area contributed by atoms with Gasteiger partial charge in [0.05, 0.1) is 18.5 Å². The fraction of sp³-hybridized carbons (Fsp3) is 0.0909. The number of rotatable bonds is 4. The van der Waals surface area contributed by atoms with Gasteiger partial charge in [0.15, 0.2) is 5.82 Å². The summed E-state index contributed by atoms with van der Waals surface area (Å²) in [6.07, 6.45) is 1.40. The first-order valence-corrected chi connectivity index (χ1v) is 7.03. The number of nitrogen functional groups attached to an aromatic ring is 1. The van der Waals surface area contributed by atoms with Gasteiger partial charge >= 0.3 is 0 Å². The molecule has 1 aromatic heterocycles. The van der Waals surface area contributed by atoms with E-state index in [0.29, 0.717) is 5.76 Å². The summed E-state index contributed by atoms with van der Waals surface area (Å²) in [6.45, 7) is -0.0960. The van der Waals surface area contributed by atoms with E-state index >= 15 is 0 Å². The van der Waals surface area contributed by atoms with Crippen molar-refractivity contribution in [2.45, 2.75) is 11.4 Å². The molecule has 5 nitrogen and oxygen atoms in total. The van der Waals surface area contributed by atoms with Crippen LogP contribution in [0.4, 0.5) is 10.1 Å². The van der Waals surface area contributed by atoms with Crippen LogP contribution < -0.4 is 10.5 Å². The molecule has 0 saturated heterocycles. The summed E-state index contributed by atoms with van der Waals surface area (Å²) >= 11 is 5.67. The molecule has 0 radical (unpaired) electrons. The van der Waals surface area contributed by atoms with E-state index in [1.54, 1.807) is 12.1 Å². The van der Waals surface area contributed by atoms with Crippen molar-refractivity contribution in [3.8, 4) is 0 Å². The van der Waals surface area contributed by atoms with Crippen LogP contribution in [-0.2, 0) is 16.6 Å². The molecule has 3 N–H and O–H groups in total. The largest absolute Gasteiger partial charge is 0.468 e. The van der Waals surface area contributed by atoms with Crippen LogP contribution in [0.25, 0.3) is 0 Å². The van der Waals surface area contributed by atoms with E-state index < -0.39 is 20.7 Å². The van der Waals surface area contributed by atoms with E-state index in [9.17, 15) is 12.8 Å². The van der Waals surface area contributed by atoms with E-state index in [2.05, 4.69) is 4.72 Å². The monoisotopic (exact) mass is 304 g/mol. The predicted molar refractivity (Wildman–Crippen MR) is 68.6 cm³/mol. The highest BCUT2D eigenvalue weighted by atomic mass is 35.5. The summed E-state index contributed by atoms with van der Waals surface area (Å²) in [4.78, 5) is -0.593. The van der Waals surface area contributed by atoms with E-state index in [1.165, 1.54) is 6.26 Å². The van der Waals surface area contributed by atoms with E-state index in [0.717, 1.165) is 12.1 Å². The zero-order valence-electron chi connectivity index (χ0n) is 9.56. The summed E-state index contributed by atoms with van der Waals surface area (Å²) in [5.74, 6) is -0.629. The Morgan fingerprint density at radius 3 is 2.79 bits per heavy atom. The van der Waals surface area contributed by atoms with Crippen molar-refractivity contribution in [3.63, 3.8) is 0 Å². The topological polar surface area (TPSA) is 85.3 Å². The van der Waals surface area contributed by atoms with Gasteiger partial charge in [0, 0.05) is 5.02 Å². The Morgan fingerprint density at radius 2 is 2.16 bits per heavy atom. The number of sulfonamides is 1. The molecular formula is C11H10ClFN2O3S. The van der Waals surface area contributed by atoms with Gasteiger partial charge in [-0.15, -0.1) is 0 Å². The van der Waals surface area contributed by atoms with Crippen molar-refractivity contribution in [1.82, 2.24) is 4.72 Å². The van der Waals surface area contributed by atoms with Crippen LogP contribution in [0.3, 0.4) is 0 Å². The maximum absolute atomic E-state index is 13.7. The molecule has 0 aliphatic rings. The molecule has 8 heteroatoms. The second-order valence-electron chi connectivity index (χ2n) is 3.71. The molecule has 0 aliphatic heterocycles. The normalized spacial score (nSPS) is 11.7. The van der Waals surface area contributed by atoms with Gasteiger partial charge in [-0.25, -0.2) is 17.5 Å². The maximum atomic E-state index is 13.7. The summed E-state index contributed by atoms with van der Waals surface area (Å²) in [5, 5.41) is 0.0391. The van der Waals surface area contributed by atoms with Crippen LogP contribution in [0.15, 0.2) is 39.8 Å². The Balaban J connectivity index is 2.29. The van der Waals surface area contributed by atoms with E-state index in [4.69, 9.17) is 21.8 Å². The molecule has 0 atom stereocenters. The van der Waals surface area contributed by atoms with Crippen LogP contribution in [0.1, 0.15) is 5.76 Å². The van der Waals surface area contributed by atoms with E-state index in [1.807, 2.05) is 0 Å². The van der Waals surface area contributed by atoms with Gasteiger partial charge in [0.1, 0.15) is 10.7 Å². The van der Waals surface area contributed by atoms with Gasteiger partial charge in [0.2, 0.25) is 10.0 Å². The third-order valence-electron chi connectivity index (χ3n) is 2.34. The molecule has 0 aliphatic carbocycles. The Bertz CT molecular complexity index is 686. The highest BCUT2D eigenvalue weighted by molar-refractivity contribution is 7.89. The second kappa shape index (κ2) is 5.20. The van der Waals surface area contributed by atoms with Gasteiger partial charge in [-0.3, -0.25) is 0 Å². The first-order valence-electron chi connectivity index (χ1n) is 5.17. The molecule has 0 spiro atoms. The maximum Gasteiger partial charge on any atom is 0.244 e. The number of anilines is 1. The summed E-state index contributed by atoms with van der Waals surface area (Å²) < 4.78 is 44.8. The average molecular weight is 305 g/mol. The Labute approximate surface area is 114 Å². The number of halogens is 2. The molecule has 0 fully saturated rings. The average Bonchev–Trinajstić information content (AvgIpc) is 2.84. The number of hydrogen-bond donors (Lipinski definition) is 2. The van der Waals surface area contributed by atoms with Crippen LogP contribution in [0, 0.1) is 5.82 Å². The minimum Gasteiger partial charge on any atom is -0.468 e. The Hall–Kier alpha value is -1.57. The lowest BCUT2D eigenvalue weighted by molar-refractivity contribution is 0.497. The lowest BCUT2D eigenvalue weighted by Crippen LogP contribution is -2.24. The fourth-order valence-corrected chi connectivity index (χ4v) is 2.85. The van der Waals surface area contributed by atoms with Crippen LogP contribution >= 0.6 is 11.6 Å². The van der Waals surface area contributed by atoms with Gasteiger partial charge in [-0.05, 0) is 24.3 Å². The number of benzene rings is 1. The van der Waals surface area contributed by atoms with Crippen LogP contribution in [0.2, 0.25) is 5.02 Å². The standard InChI is InChI=1S/C11H10ClFN2O3S/c12-7-4-9(14)11(13)10(5-7)19(16,17)15-6-8-2-1-3-18-8/h1-5,15H,6,14H2. The van der Waals surface area contributed by atoms with Gasteiger partial charge in [-0.2, -0.15) is 0 Å². The third kappa shape index (κ3) is 3.06. The molecular weight excluding hydrogens is 295 g/mol. The first kappa shape index (κ1) is 13.9. The lowest BCUT2D eigenvalue weighted by atomic mass is 10.3. The molecule has 1 heterocycles. The fourth-order valence-electron chi connectivity index (χ4n) is 1.44. The van der Waals surface area contributed by atoms with Crippen molar-refractivity contribution in [2.24, 2.45) is 0 Å². The number of hydrogen-bond acceptors (Lipinski definition) is 4. The zero-order valence-corrected chi connectivity index (χ0v) is 11.1. The van der Waals surface area contributed by atoms with Crippen molar-refractivity contribution in [1.29, 1.82) is 0 Å². The molecule has 1 aromatic carbocycles. The zero-order chi connectivity index (χ0) is 14.0. The van der Waals surface area contributed by atoms with Crippen molar-refractivity contribution in [2.75, 3.05) is 5.73 Å². The van der Waals surface area contributed by atoms with Gasteiger partial charge in [-0.1, -0.05) is 11.6 Å². The SMILES string of the molecule is Nc1cc(Cl)cc(S(=O)(=O)NCc2ccco2)c1F. The summed E-state index contributed by atoms with van der Waals surface area (Å²) in [5.41, 5.74) is 5.01. The number of furan rings is 1. The van der Waals surface area contributed by atoms with Crippen LogP contribution in [-0.4, -0.2) is 8.42 Å². The molecule has 2 rings (SSSR count). The summed E-state index contributed by atoms with van der Waals surface area (Å²) in [7, 11) is -4.06. The number of nitrogens with two attached hydrogens (primary N) is 1.